The maximum atomic E-state index is 13.8. The van der Waals surface area contributed by atoms with E-state index in [0.717, 1.165) is 12.8 Å². The molecular formula is C15H23F2NO. The minimum atomic E-state index is -2.91. The normalized spacial score (nSPS) is 13.8. The van der Waals surface area contributed by atoms with Gasteiger partial charge in [-0.25, -0.2) is 0 Å². The molecule has 0 saturated heterocycles. The average Bonchev–Trinajstić information content (AvgIpc) is 2.41. The van der Waals surface area contributed by atoms with Crippen LogP contribution in [0.2, 0.25) is 0 Å². The molecule has 0 amide bonds. The van der Waals surface area contributed by atoms with Gasteiger partial charge < -0.3 is 10.4 Å². The Bertz CT molecular complexity index is 352. The Hall–Kier alpha value is -1.00. The monoisotopic (exact) mass is 271 g/mol. The van der Waals surface area contributed by atoms with E-state index in [1.54, 1.807) is 18.2 Å². The molecule has 0 saturated carbocycles. The molecule has 0 fully saturated rings. The van der Waals surface area contributed by atoms with Crippen molar-refractivity contribution >= 4 is 0 Å². The van der Waals surface area contributed by atoms with Crippen molar-refractivity contribution in [3.8, 4) is 0 Å². The molecule has 1 aromatic rings. The van der Waals surface area contributed by atoms with E-state index in [1.807, 2.05) is 13.8 Å². The van der Waals surface area contributed by atoms with E-state index in [0.29, 0.717) is 0 Å². The molecule has 1 aromatic carbocycles. The van der Waals surface area contributed by atoms with Gasteiger partial charge in [-0.15, -0.1) is 0 Å². The van der Waals surface area contributed by atoms with E-state index < -0.39 is 18.6 Å². The van der Waals surface area contributed by atoms with Crippen LogP contribution in [-0.2, 0) is 5.92 Å². The highest BCUT2D eigenvalue weighted by molar-refractivity contribution is 5.20. The number of rotatable bonds is 8. The summed E-state index contributed by atoms with van der Waals surface area (Å²) in [5.41, 5.74) is -0.000442. The number of hydrogen-bond donors (Lipinski definition) is 2. The first-order chi connectivity index (χ1) is 9.01. The van der Waals surface area contributed by atoms with E-state index in [-0.39, 0.29) is 18.0 Å². The third-order valence-electron chi connectivity index (χ3n) is 3.49. The zero-order valence-electron chi connectivity index (χ0n) is 11.6. The lowest BCUT2D eigenvalue weighted by atomic mass is 9.96. The minimum absolute atomic E-state index is 0.000442. The summed E-state index contributed by atoms with van der Waals surface area (Å²) in [6, 6.07) is 7.74. The smallest absolute Gasteiger partial charge is 0.285 e. The van der Waals surface area contributed by atoms with Gasteiger partial charge in [-0.05, 0) is 5.92 Å². The van der Waals surface area contributed by atoms with Crippen molar-refractivity contribution in [2.75, 3.05) is 13.1 Å². The average molecular weight is 271 g/mol. The first kappa shape index (κ1) is 16.1. The van der Waals surface area contributed by atoms with Gasteiger partial charge in [0.2, 0.25) is 0 Å². The first-order valence-corrected chi connectivity index (χ1v) is 6.83. The van der Waals surface area contributed by atoms with Gasteiger partial charge >= 0.3 is 0 Å². The van der Waals surface area contributed by atoms with Crippen molar-refractivity contribution < 1.29 is 13.9 Å². The lowest BCUT2D eigenvalue weighted by Crippen LogP contribution is -2.38. The fourth-order valence-electron chi connectivity index (χ4n) is 2.16. The van der Waals surface area contributed by atoms with Crippen LogP contribution in [-0.4, -0.2) is 24.3 Å². The van der Waals surface area contributed by atoms with Gasteiger partial charge in [-0.1, -0.05) is 57.0 Å². The number of aliphatic hydroxyl groups is 1. The molecule has 0 spiro atoms. The standard InChI is InChI=1S/C15H23F2NO/c1-3-12(4-2)14(19)10-18-11-15(16,17)13-8-6-5-7-9-13/h5-9,12,14,18-19H,3-4,10-11H2,1-2H3. The van der Waals surface area contributed by atoms with Crippen molar-refractivity contribution in [3.63, 3.8) is 0 Å². The van der Waals surface area contributed by atoms with Crippen LogP contribution in [0.15, 0.2) is 30.3 Å². The molecule has 4 heteroatoms. The Morgan fingerprint density at radius 2 is 1.74 bits per heavy atom. The largest absolute Gasteiger partial charge is 0.392 e. The highest BCUT2D eigenvalue weighted by Crippen LogP contribution is 2.26. The summed E-state index contributed by atoms with van der Waals surface area (Å²) in [5, 5.41) is 12.5. The molecule has 0 radical (unpaired) electrons. The molecule has 2 N–H and O–H groups in total. The SMILES string of the molecule is CCC(CC)C(O)CNCC(F)(F)c1ccccc1. The number of alkyl halides is 2. The Labute approximate surface area is 113 Å². The van der Waals surface area contributed by atoms with Gasteiger partial charge in [0, 0.05) is 12.1 Å². The Morgan fingerprint density at radius 3 is 2.26 bits per heavy atom. The number of nitrogens with one attached hydrogen (secondary N) is 1. The molecule has 1 unspecified atom stereocenters. The van der Waals surface area contributed by atoms with Crippen molar-refractivity contribution in [2.24, 2.45) is 5.92 Å². The maximum absolute atomic E-state index is 13.8. The molecule has 0 heterocycles. The van der Waals surface area contributed by atoms with Crippen LogP contribution >= 0.6 is 0 Å². The predicted molar refractivity (Wildman–Crippen MR) is 73.3 cm³/mol. The van der Waals surface area contributed by atoms with Crippen molar-refractivity contribution in [1.82, 2.24) is 5.32 Å². The van der Waals surface area contributed by atoms with Crippen LogP contribution < -0.4 is 5.32 Å². The van der Waals surface area contributed by atoms with E-state index >= 15 is 0 Å². The van der Waals surface area contributed by atoms with Crippen LogP contribution in [0, 0.1) is 5.92 Å². The number of halogens is 2. The Balaban J connectivity index is 2.44. The van der Waals surface area contributed by atoms with Crippen LogP contribution in [0.3, 0.4) is 0 Å². The second-order valence-electron chi connectivity index (χ2n) is 4.85. The quantitative estimate of drug-likeness (QED) is 0.761. The molecule has 0 aliphatic carbocycles. The lowest BCUT2D eigenvalue weighted by molar-refractivity contribution is -0.00754. The van der Waals surface area contributed by atoms with Gasteiger partial charge in [-0.2, -0.15) is 8.78 Å². The fourth-order valence-corrected chi connectivity index (χ4v) is 2.16. The molecule has 0 bridgehead atoms. The van der Waals surface area contributed by atoms with Crippen molar-refractivity contribution in [2.45, 2.75) is 38.7 Å². The maximum Gasteiger partial charge on any atom is 0.285 e. The Kier molecular flexibility index (Phi) is 6.38. The van der Waals surface area contributed by atoms with Crippen LogP contribution in [0.5, 0.6) is 0 Å². The summed E-state index contributed by atoms with van der Waals surface area (Å²) in [4.78, 5) is 0. The highest BCUT2D eigenvalue weighted by Gasteiger charge is 2.31. The molecule has 1 atom stereocenters. The third-order valence-corrected chi connectivity index (χ3v) is 3.49. The molecular weight excluding hydrogens is 248 g/mol. The van der Waals surface area contributed by atoms with Crippen molar-refractivity contribution in [1.29, 1.82) is 0 Å². The molecule has 1 rings (SSSR count). The van der Waals surface area contributed by atoms with E-state index in [9.17, 15) is 13.9 Å². The van der Waals surface area contributed by atoms with Gasteiger partial charge in [-0.3, -0.25) is 0 Å². The van der Waals surface area contributed by atoms with E-state index in [1.165, 1.54) is 12.1 Å². The highest BCUT2D eigenvalue weighted by atomic mass is 19.3. The van der Waals surface area contributed by atoms with E-state index in [2.05, 4.69) is 5.32 Å². The number of benzene rings is 1. The predicted octanol–water partition coefficient (Wildman–Crippen LogP) is 3.17. The van der Waals surface area contributed by atoms with Crippen LogP contribution in [0.4, 0.5) is 8.78 Å². The summed E-state index contributed by atoms with van der Waals surface area (Å²) < 4.78 is 27.7. The molecule has 19 heavy (non-hydrogen) atoms. The molecule has 2 nitrogen and oxygen atoms in total. The van der Waals surface area contributed by atoms with Gasteiger partial charge in [0.05, 0.1) is 12.6 Å². The summed E-state index contributed by atoms with van der Waals surface area (Å²) in [7, 11) is 0. The third kappa shape index (κ3) is 4.88. The van der Waals surface area contributed by atoms with E-state index in [4.69, 9.17) is 0 Å². The molecule has 0 aromatic heterocycles. The molecule has 0 aliphatic heterocycles. The molecule has 0 aliphatic rings. The number of aliphatic hydroxyl groups excluding tert-OH is 1. The molecule has 108 valence electrons. The summed E-state index contributed by atoms with van der Waals surface area (Å²) >= 11 is 0. The first-order valence-electron chi connectivity index (χ1n) is 6.83. The second kappa shape index (κ2) is 7.56. The van der Waals surface area contributed by atoms with Gasteiger partial charge in [0.25, 0.3) is 5.92 Å². The zero-order chi connectivity index (χ0) is 14.3. The number of hydrogen-bond acceptors (Lipinski definition) is 2. The summed E-state index contributed by atoms with van der Waals surface area (Å²) in [6.45, 7) is 3.74. The van der Waals surface area contributed by atoms with Crippen LogP contribution in [0.1, 0.15) is 32.3 Å². The zero-order valence-corrected chi connectivity index (χ0v) is 11.6. The Morgan fingerprint density at radius 1 is 1.16 bits per heavy atom. The van der Waals surface area contributed by atoms with Gasteiger partial charge in [0.15, 0.2) is 0 Å². The summed E-state index contributed by atoms with van der Waals surface area (Å²) in [6.07, 6.45) is 1.14. The summed E-state index contributed by atoms with van der Waals surface area (Å²) in [5.74, 6) is -2.74. The lowest BCUT2D eigenvalue weighted by Gasteiger charge is -2.22. The van der Waals surface area contributed by atoms with Crippen molar-refractivity contribution in [3.05, 3.63) is 35.9 Å². The van der Waals surface area contributed by atoms with Crippen LogP contribution in [0.25, 0.3) is 0 Å². The minimum Gasteiger partial charge on any atom is -0.392 e. The topological polar surface area (TPSA) is 32.3 Å². The van der Waals surface area contributed by atoms with Gasteiger partial charge in [0.1, 0.15) is 0 Å². The fraction of sp³-hybridized carbons (Fsp3) is 0.600. The second-order valence-corrected chi connectivity index (χ2v) is 4.85.